The van der Waals surface area contributed by atoms with Crippen molar-refractivity contribution in [1.82, 2.24) is 0 Å². The maximum atomic E-state index is 2.12. The molecule has 0 nitrogen and oxygen atoms in total. The van der Waals surface area contributed by atoms with Crippen LogP contribution < -0.4 is 71.9 Å². The van der Waals surface area contributed by atoms with Crippen molar-refractivity contribution < 1.29 is 98.1 Å². The molecule has 0 fully saturated rings. The molecule has 0 aliphatic heterocycles. The molecule has 0 radical (unpaired) electrons. The summed E-state index contributed by atoms with van der Waals surface area (Å²) in [5, 5.41) is 2.66. The number of benzene rings is 1. The standard InChI is InChI=1S/C9H7.3HI.Zr/c1-2-5-9-7-3-6-8(9)4-1;;;;/h1-7H;3*1H;/q-1;;;;+4/p-3. The normalized spacial score (nSPS) is 7.08. The molecule has 2 rings (SSSR count). The third-order valence-electron chi connectivity index (χ3n) is 1.55. The summed E-state index contributed by atoms with van der Waals surface area (Å²) in [6, 6.07) is 14.7. The van der Waals surface area contributed by atoms with Crippen LogP contribution in [-0.4, -0.2) is 0 Å². The van der Waals surface area contributed by atoms with Crippen LogP contribution in [0.3, 0.4) is 0 Å². The minimum atomic E-state index is 0. The van der Waals surface area contributed by atoms with Crippen LogP contribution >= 0.6 is 0 Å². The molecule has 0 spiro atoms. The Balaban J connectivity index is -0.000000250. The van der Waals surface area contributed by atoms with Crippen molar-refractivity contribution in [2.24, 2.45) is 0 Å². The summed E-state index contributed by atoms with van der Waals surface area (Å²) in [6.07, 6.45) is 0. The first-order chi connectivity index (χ1) is 4.47. The summed E-state index contributed by atoms with van der Waals surface area (Å²) in [6.45, 7) is 0. The van der Waals surface area contributed by atoms with E-state index in [2.05, 4.69) is 42.5 Å². The van der Waals surface area contributed by atoms with Gasteiger partial charge in [0.15, 0.2) is 0 Å². The van der Waals surface area contributed by atoms with Gasteiger partial charge < -0.3 is 71.9 Å². The van der Waals surface area contributed by atoms with Gasteiger partial charge in [0.2, 0.25) is 0 Å². The molecule has 4 heteroatoms. The van der Waals surface area contributed by atoms with E-state index >= 15 is 0 Å². The van der Waals surface area contributed by atoms with Crippen LogP contribution in [0.25, 0.3) is 10.8 Å². The quantitative estimate of drug-likeness (QED) is 0.213. The van der Waals surface area contributed by atoms with E-state index in [1.54, 1.807) is 0 Å². The third-order valence-corrected chi connectivity index (χ3v) is 1.55. The molecule has 68 valence electrons. The molecule has 0 saturated heterocycles. The van der Waals surface area contributed by atoms with Gasteiger partial charge in [-0.25, -0.2) is 0 Å². The van der Waals surface area contributed by atoms with Gasteiger partial charge in [0.1, 0.15) is 0 Å². The fourth-order valence-electron chi connectivity index (χ4n) is 1.07. The fraction of sp³-hybridized carbons (Fsp3) is 0. The molecular weight excluding hydrogens is 580 g/mol. The number of halogens is 3. The molecule has 0 aliphatic rings. The van der Waals surface area contributed by atoms with E-state index in [-0.39, 0.29) is 98.1 Å². The number of hydrogen-bond acceptors (Lipinski definition) is 0. The predicted molar refractivity (Wildman–Crippen MR) is 39.5 cm³/mol. The Hall–Kier alpha value is 1.90. The minimum absolute atomic E-state index is 0. The summed E-state index contributed by atoms with van der Waals surface area (Å²) in [5.74, 6) is 0. The van der Waals surface area contributed by atoms with E-state index < -0.39 is 0 Å². The first-order valence-electron chi connectivity index (χ1n) is 3.07. The van der Waals surface area contributed by atoms with Gasteiger partial charge in [-0.1, -0.05) is 6.07 Å². The van der Waals surface area contributed by atoms with Gasteiger partial charge in [-0.15, -0.1) is 29.7 Å². The van der Waals surface area contributed by atoms with E-state index in [4.69, 9.17) is 0 Å². The predicted octanol–water partition coefficient (Wildman–Crippen LogP) is -6.43. The topological polar surface area (TPSA) is 0 Å². The van der Waals surface area contributed by atoms with Crippen molar-refractivity contribution >= 4 is 10.8 Å². The van der Waals surface area contributed by atoms with Crippen LogP contribution in [0.15, 0.2) is 42.5 Å². The largest absolute Gasteiger partial charge is 4.00 e. The Morgan fingerprint density at radius 3 is 2.08 bits per heavy atom. The monoisotopic (exact) mass is 586 g/mol. The zero-order chi connectivity index (χ0) is 6.10. The van der Waals surface area contributed by atoms with Crippen LogP contribution in [0.5, 0.6) is 0 Å². The average molecular weight is 587 g/mol. The molecule has 0 aliphatic carbocycles. The molecule has 2 aromatic carbocycles. The summed E-state index contributed by atoms with van der Waals surface area (Å²) in [4.78, 5) is 0. The van der Waals surface area contributed by atoms with Crippen LogP contribution in [0.4, 0.5) is 0 Å². The van der Waals surface area contributed by atoms with Gasteiger partial charge >= 0.3 is 26.2 Å². The summed E-state index contributed by atoms with van der Waals surface area (Å²) in [7, 11) is 0. The SMILES string of the molecule is [I-].[I-].[I-].[Zr+4].c1ccc2[cH-]ccc2c1. The second kappa shape index (κ2) is 10.4. The van der Waals surface area contributed by atoms with Crippen molar-refractivity contribution in [2.45, 2.75) is 0 Å². The van der Waals surface area contributed by atoms with Gasteiger partial charge in [-0.2, -0.15) is 17.5 Å². The van der Waals surface area contributed by atoms with Gasteiger partial charge in [-0.05, 0) is 0 Å². The van der Waals surface area contributed by atoms with Crippen LogP contribution in [-0.2, 0) is 26.2 Å². The molecule has 0 saturated carbocycles. The average Bonchev–Trinajstić information content (AvgIpc) is 2.33. The van der Waals surface area contributed by atoms with Crippen molar-refractivity contribution in [3.8, 4) is 0 Å². The zero-order valence-electron chi connectivity index (χ0n) is 6.68. The van der Waals surface area contributed by atoms with E-state index in [0.29, 0.717) is 0 Å². The number of hydrogen-bond donors (Lipinski definition) is 0. The van der Waals surface area contributed by atoms with Gasteiger partial charge in [-0.3, -0.25) is 0 Å². The van der Waals surface area contributed by atoms with Gasteiger partial charge in [0.25, 0.3) is 0 Å². The zero-order valence-corrected chi connectivity index (χ0v) is 15.6. The third kappa shape index (κ3) is 5.51. The van der Waals surface area contributed by atoms with Crippen molar-refractivity contribution in [2.75, 3.05) is 0 Å². The Kier molecular flexibility index (Phi) is 16.3. The molecule has 0 heterocycles. The maximum absolute atomic E-state index is 2.12. The molecule has 0 bridgehead atoms. The molecule has 0 amide bonds. The van der Waals surface area contributed by atoms with E-state index in [1.807, 2.05) is 0 Å². The van der Waals surface area contributed by atoms with E-state index in [1.165, 1.54) is 10.8 Å². The Morgan fingerprint density at radius 1 is 0.846 bits per heavy atom. The number of fused-ring (bicyclic) bond motifs is 1. The van der Waals surface area contributed by atoms with E-state index in [0.717, 1.165) is 0 Å². The Labute approximate surface area is 149 Å². The first-order valence-corrected chi connectivity index (χ1v) is 3.07. The van der Waals surface area contributed by atoms with Gasteiger partial charge in [0.05, 0.1) is 0 Å². The summed E-state index contributed by atoms with van der Waals surface area (Å²) in [5.41, 5.74) is 0. The van der Waals surface area contributed by atoms with Crippen molar-refractivity contribution in [1.29, 1.82) is 0 Å². The van der Waals surface area contributed by atoms with Crippen molar-refractivity contribution in [3.63, 3.8) is 0 Å². The Bertz CT molecular complexity index is 289. The van der Waals surface area contributed by atoms with Crippen LogP contribution in [0, 0.1) is 0 Å². The first kappa shape index (κ1) is 20.3. The second-order valence-corrected chi connectivity index (χ2v) is 2.15. The molecule has 0 unspecified atom stereocenters. The van der Waals surface area contributed by atoms with Crippen molar-refractivity contribution in [3.05, 3.63) is 42.5 Å². The molecule has 0 N–H and O–H groups in total. The maximum Gasteiger partial charge on any atom is 4.00 e. The molecule has 13 heavy (non-hydrogen) atoms. The molecule has 0 atom stereocenters. The molecule has 0 aromatic heterocycles. The Morgan fingerprint density at radius 2 is 1.46 bits per heavy atom. The number of rotatable bonds is 0. The van der Waals surface area contributed by atoms with Crippen LogP contribution in [0.1, 0.15) is 0 Å². The minimum Gasteiger partial charge on any atom is -1.00 e. The van der Waals surface area contributed by atoms with E-state index in [9.17, 15) is 0 Å². The molecule has 2 aromatic rings. The van der Waals surface area contributed by atoms with Crippen LogP contribution in [0.2, 0.25) is 0 Å². The smallest absolute Gasteiger partial charge is 1.00 e. The fourth-order valence-corrected chi connectivity index (χ4v) is 1.07. The molecular formula is C9H7I3Zr. The summed E-state index contributed by atoms with van der Waals surface area (Å²) < 4.78 is 0. The summed E-state index contributed by atoms with van der Waals surface area (Å²) >= 11 is 0. The second-order valence-electron chi connectivity index (χ2n) is 2.15. The van der Waals surface area contributed by atoms with Gasteiger partial charge in [0, 0.05) is 0 Å².